The fourth-order valence-corrected chi connectivity index (χ4v) is 2.22. The van der Waals surface area contributed by atoms with E-state index in [1.807, 2.05) is 4.90 Å². The van der Waals surface area contributed by atoms with E-state index in [0.29, 0.717) is 24.9 Å². The Bertz CT molecular complexity index is 238. The van der Waals surface area contributed by atoms with Crippen LogP contribution in [0.15, 0.2) is 0 Å². The summed E-state index contributed by atoms with van der Waals surface area (Å²) in [5.41, 5.74) is 5.73. The molecule has 0 saturated carbocycles. The van der Waals surface area contributed by atoms with Crippen molar-refractivity contribution in [3.05, 3.63) is 0 Å². The number of hydrogen-bond donors (Lipinski definition) is 1. The first-order valence-corrected chi connectivity index (χ1v) is 5.83. The first-order valence-electron chi connectivity index (χ1n) is 5.83. The third-order valence-corrected chi connectivity index (χ3v) is 3.00. The average molecular weight is 249 g/mol. The van der Waals surface area contributed by atoms with Crippen molar-refractivity contribution in [1.29, 1.82) is 0 Å². The Labute approximate surface area is 105 Å². The highest BCUT2D eigenvalue weighted by atomic mass is 35.5. The van der Waals surface area contributed by atoms with Gasteiger partial charge in [-0.1, -0.05) is 20.8 Å². The molecule has 0 bridgehead atoms. The Kier molecular flexibility index (Phi) is 5.77. The second-order valence-corrected chi connectivity index (χ2v) is 5.97. The number of carbonyl (C=O) groups is 1. The summed E-state index contributed by atoms with van der Waals surface area (Å²) in [6.07, 6.45) is 1.70. The van der Waals surface area contributed by atoms with Crippen molar-refractivity contribution in [1.82, 2.24) is 4.90 Å². The summed E-state index contributed by atoms with van der Waals surface area (Å²) in [7, 11) is 0. The Balaban J connectivity index is 0.00000225. The molecule has 2 N–H and O–H groups in total. The lowest BCUT2D eigenvalue weighted by molar-refractivity contribution is -0.133. The zero-order valence-electron chi connectivity index (χ0n) is 10.8. The van der Waals surface area contributed by atoms with Gasteiger partial charge in [0.15, 0.2) is 0 Å². The minimum Gasteiger partial charge on any atom is -0.340 e. The van der Waals surface area contributed by atoms with Crippen molar-refractivity contribution in [2.45, 2.75) is 46.6 Å². The predicted octanol–water partition coefficient (Wildman–Crippen LogP) is 2.04. The normalized spacial score (nSPS) is 25.4. The summed E-state index contributed by atoms with van der Waals surface area (Å²) >= 11 is 0. The van der Waals surface area contributed by atoms with Crippen LogP contribution in [0.1, 0.15) is 40.5 Å². The van der Waals surface area contributed by atoms with Crippen molar-refractivity contribution in [3.63, 3.8) is 0 Å². The van der Waals surface area contributed by atoms with Crippen LogP contribution in [0, 0.1) is 11.3 Å². The number of hydrogen-bond acceptors (Lipinski definition) is 2. The van der Waals surface area contributed by atoms with Gasteiger partial charge >= 0.3 is 0 Å². The second kappa shape index (κ2) is 5.87. The first kappa shape index (κ1) is 15.7. The highest BCUT2D eigenvalue weighted by molar-refractivity contribution is 5.85. The smallest absolute Gasteiger partial charge is 0.223 e. The minimum atomic E-state index is 0. The minimum absolute atomic E-state index is 0. The van der Waals surface area contributed by atoms with E-state index >= 15 is 0 Å². The zero-order chi connectivity index (χ0) is 11.6. The Hall–Kier alpha value is -0.280. The standard InChI is InChI=1S/C12H24N2O.ClH/c1-9-5-10(7-13)8-14(9)11(15)6-12(2,3)4;/h9-10H,5-8,13H2,1-4H3;1H. The molecule has 3 nitrogen and oxygen atoms in total. The summed E-state index contributed by atoms with van der Waals surface area (Å²) in [5, 5.41) is 0. The maximum atomic E-state index is 12.0. The van der Waals surface area contributed by atoms with Crippen molar-refractivity contribution >= 4 is 18.3 Å². The van der Waals surface area contributed by atoms with Crippen molar-refractivity contribution < 1.29 is 4.79 Å². The van der Waals surface area contributed by atoms with E-state index in [1.54, 1.807) is 0 Å². The van der Waals surface area contributed by atoms with Gasteiger partial charge in [-0.05, 0) is 31.2 Å². The molecule has 1 saturated heterocycles. The molecule has 2 unspecified atom stereocenters. The molecule has 0 radical (unpaired) electrons. The number of rotatable bonds is 2. The van der Waals surface area contributed by atoms with Crippen LogP contribution >= 0.6 is 12.4 Å². The van der Waals surface area contributed by atoms with E-state index in [-0.39, 0.29) is 23.7 Å². The molecule has 1 rings (SSSR count). The molecule has 1 heterocycles. The number of halogens is 1. The molecule has 96 valence electrons. The molecule has 1 fully saturated rings. The zero-order valence-corrected chi connectivity index (χ0v) is 11.6. The van der Waals surface area contributed by atoms with Crippen LogP contribution < -0.4 is 5.73 Å². The molecule has 0 aromatic heterocycles. The van der Waals surface area contributed by atoms with Crippen LogP contribution in [0.5, 0.6) is 0 Å². The molecule has 1 amide bonds. The Morgan fingerprint density at radius 3 is 2.38 bits per heavy atom. The van der Waals surface area contributed by atoms with Crippen molar-refractivity contribution in [3.8, 4) is 0 Å². The van der Waals surface area contributed by atoms with Gasteiger partial charge in [0, 0.05) is 19.0 Å². The Morgan fingerprint density at radius 2 is 2.00 bits per heavy atom. The van der Waals surface area contributed by atoms with Crippen molar-refractivity contribution in [2.24, 2.45) is 17.1 Å². The summed E-state index contributed by atoms with van der Waals surface area (Å²) in [6.45, 7) is 9.98. The molecule has 0 aromatic rings. The van der Waals surface area contributed by atoms with E-state index in [1.165, 1.54) is 0 Å². The van der Waals surface area contributed by atoms with Gasteiger partial charge in [0.1, 0.15) is 0 Å². The molecule has 4 heteroatoms. The summed E-state index contributed by atoms with van der Waals surface area (Å²) in [5.74, 6) is 0.787. The van der Waals surface area contributed by atoms with E-state index < -0.39 is 0 Å². The fourth-order valence-electron chi connectivity index (χ4n) is 2.22. The maximum Gasteiger partial charge on any atom is 0.223 e. The molecule has 16 heavy (non-hydrogen) atoms. The maximum absolute atomic E-state index is 12.0. The highest BCUT2D eigenvalue weighted by Gasteiger charge is 2.32. The summed E-state index contributed by atoms with van der Waals surface area (Å²) < 4.78 is 0. The molecular formula is C12H25ClN2O. The first-order chi connectivity index (χ1) is 6.83. The van der Waals surface area contributed by atoms with Crippen LogP contribution in [0.4, 0.5) is 0 Å². The number of amides is 1. The topological polar surface area (TPSA) is 46.3 Å². The van der Waals surface area contributed by atoms with Gasteiger partial charge in [-0.2, -0.15) is 0 Å². The average Bonchev–Trinajstić information content (AvgIpc) is 2.43. The number of nitrogens with two attached hydrogens (primary N) is 1. The van der Waals surface area contributed by atoms with E-state index in [4.69, 9.17) is 5.73 Å². The summed E-state index contributed by atoms with van der Waals surface area (Å²) in [6, 6.07) is 0.369. The molecule has 0 spiro atoms. The van der Waals surface area contributed by atoms with Gasteiger partial charge in [0.05, 0.1) is 0 Å². The fraction of sp³-hybridized carbons (Fsp3) is 0.917. The van der Waals surface area contributed by atoms with Gasteiger partial charge in [-0.3, -0.25) is 4.79 Å². The van der Waals surface area contributed by atoms with Gasteiger partial charge in [-0.15, -0.1) is 12.4 Å². The van der Waals surface area contributed by atoms with E-state index in [0.717, 1.165) is 13.0 Å². The van der Waals surface area contributed by atoms with Crippen LogP contribution in [0.3, 0.4) is 0 Å². The van der Waals surface area contributed by atoms with Crippen LogP contribution in [-0.4, -0.2) is 29.9 Å². The van der Waals surface area contributed by atoms with E-state index in [9.17, 15) is 4.79 Å². The third kappa shape index (κ3) is 4.30. The quantitative estimate of drug-likeness (QED) is 0.813. The molecule has 2 atom stereocenters. The number of likely N-dealkylation sites (tertiary alicyclic amines) is 1. The molecule has 0 aromatic carbocycles. The summed E-state index contributed by atoms with van der Waals surface area (Å²) in [4.78, 5) is 14.0. The van der Waals surface area contributed by atoms with Gasteiger partial charge < -0.3 is 10.6 Å². The molecule has 1 aliphatic rings. The third-order valence-electron chi connectivity index (χ3n) is 3.00. The van der Waals surface area contributed by atoms with Gasteiger partial charge in [0.25, 0.3) is 0 Å². The van der Waals surface area contributed by atoms with E-state index in [2.05, 4.69) is 27.7 Å². The predicted molar refractivity (Wildman–Crippen MR) is 69.7 cm³/mol. The lowest BCUT2D eigenvalue weighted by Gasteiger charge is -2.26. The highest BCUT2D eigenvalue weighted by Crippen LogP contribution is 2.26. The second-order valence-electron chi connectivity index (χ2n) is 5.97. The lowest BCUT2D eigenvalue weighted by atomic mass is 9.91. The van der Waals surface area contributed by atoms with Crippen LogP contribution in [0.25, 0.3) is 0 Å². The molecule has 0 aliphatic carbocycles. The molecular weight excluding hydrogens is 224 g/mol. The van der Waals surface area contributed by atoms with Gasteiger partial charge in [-0.25, -0.2) is 0 Å². The van der Waals surface area contributed by atoms with Crippen LogP contribution in [-0.2, 0) is 4.79 Å². The lowest BCUT2D eigenvalue weighted by Crippen LogP contribution is -2.36. The van der Waals surface area contributed by atoms with Crippen molar-refractivity contribution in [2.75, 3.05) is 13.1 Å². The monoisotopic (exact) mass is 248 g/mol. The SMILES string of the molecule is CC1CC(CN)CN1C(=O)CC(C)(C)C.Cl. The Morgan fingerprint density at radius 1 is 1.44 bits per heavy atom. The van der Waals surface area contributed by atoms with Gasteiger partial charge in [0.2, 0.25) is 5.91 Å². The van der Waals surface area contributed by atoms with Crippen LogP contribution in [0.2, 0.25) is 0 Å². The molecule has 1 aliphatic heterocycles. The number of carbonyl (C=O) groups excluding carboxylic acids is 1. The number of nitrogens with zero attached hydrogens (tertiary/aromatic N) is 1. The largest absolute Gasteiger partial charge is 0.340 e.